The van der Waals surface area contributed by atoms with E-state index in [2.05, 4.69) is 20.8 Å². The van der Waals surface area contributed by atoms with Gasteiger partial charge in [-0.3, -0.25) is 10.1 Å². The van der Waals surface area contributed by atoms with Crippen LogP contribution < -0.4 is 10.6 Å². The molecule has 1 saturated heterocycles. The minimum atomic E-state index is -0.0485. The molecule has 3 rings (SSSR count). The molecule has 0 unspecified atom stereocenters. The molecule has 1 atom stereocenters. The highest BCUT2D eigenvalue weighted by molar-refractivity contribution is 7.99. The lowest BCUT2D eigenvalue weighted by Crippen LogP contribution is -2.42. The fourth-order valence-electron chi connectivity index (χ4n) is 2.35. The molecule has 2 aromatic rings. The van der Waals surface area contributed by atoms with Crippen LogP contribution in [0.3, 0.4) is 0 Å². The van der Waals surface area contributed by atoms with Gasteiger partial charge in [-0.15, -0.1) is 11.8 Å². The topological polar surface area (TPSA) is 80.0 Å². The smallest absolute Gasteiger partial charge is 0.257 e. The van der Waals surface area contributed by atoms with Gasteiger partial charge in [-0.05, 0) is 24.1 Å². The van der Waals surface area contributed by atoms with Crippen LogP contribution in [-0.4, -0.2) is 40.3 Å². The summed E-state index contributed by atoms with van der Waals surface area (Å²) in [6, 6.07) is 7.95. The van der Waals surface area contributed by atoms with Gasteiger partial charge in [-0.2, -0.15) is 4.98 Å². The van der Waals surface area contributed by atoms with Crippen LogP contribution in [-0.2, 0) is 17.6 Å². The van der Waals surface area contributed by atoms with E-state index in [4.69, 9.17) is 4.52 Å². The summed E-state index contributed by atoms with van der Waals surface area (Å²) in [7, 11) is 0. The van der Waals surface area contributed by atoms with Crippen molar-refractivity contribution in [1.29, 1.82) is 0 Å². The molecule has 0 spiro atoms. The van der Waals surface area contributed by atoms with E-state index >= 15 is 0 Å². The van der Waals surface area contributed by atoms with Crippen molar-refractivity contribution >= 4 is 17.7 Å². The van der Waals surface area contributed by atoms with Crippen LogP contribution in [0.4, 0.5) is 0 Å². The molecule has 6 nitrogen and oxygen atoms in total. The van der Waals surface area contributed by atoms with Crippen LogP contribution >= 0.6 is 11.8 Å². The van der Waals surface area contributed by atoms with E-state index in [0.717, 1.165) is 35.6 Å². The van der Waals surface area contributed by atoms with Crippen molar-refractivity contribution in [2.75, 3.05) is 18.2 Å². The Kier molecular flexibility index (Phi) is 5.30. The number of hydrogen-bond donors (Lipinski definition) is 2. The molecule has 1 amide bonds. The number of amides is 1. The molecule has 0 aliphatic carbocycles. The van der Waals surface area contributed by atoms with Gasteiger partial charge in [-0.25, -0.2) is 0 Å². The number of carbonyl (C=O) groups excluding carboxylic acids is 1. The Morgan fingerprint density at radius 3 is 2.91 bits per heavy atom. The van der Waals surface area contributed by atoms with Gasteiger partial charge in [0.25, 0.3) is 5.89 Å². The third kappa shape index (κ3) is 4.11. The fraction of sp³-hybridized carbons (Fsp3) is 0.438. The average Bonchev–Trinajstić information content (AvgIpc) is 3.27. The zero-order valence-electron chi connectivity index (χ0n) is 13.0. The first-order valence-corrected chi connectivity index (χ1v) is 8.92. The Balaban J connectivity index is 1.50. The largest absolute Gasteiger partial charge is 0.354 e. The number of benzene rings is 1. The number of aryl methyl sites for hydroxylation is 1. The van der Waals surface area contributed by atoms with E-state index < -0.39 is 0 Å². The second kappa shape index (κ2) is 7.61. The third-order valence-corrected chi connectivity index (χ3v) is 4.67. The van der Waals surface area contributed by atoms with Crippen LogP contribution in [0.25, 0.3) is 11.5 Å². The maximum atomic E-state index is 11.9. The highest BCUT2D eigenvalue weighted by Gasteiger charge is 2.21. The molecular weight excluding hydrogens is 312 g/mol. The van der Waals surface area contributed by atoms with Gasteiger partial charge < -0.3 is 9.84 Å². The summed E-state index contributed by atoms with van der Waals surface area (Å²) in [6.45, 7) is 2.63. The fourth-order valence-corrected chi connectivity index (χ4v) is 3.29. The molecule has 1 aliphatic heterocycles. The molecule has 7 heteroatoms. The van der Waals surface area contributed by atoms with Gasteiger partial charge >= 0.3 is 0 Å². The molecule has 2 heterocycles. The van der Waals surface area contributed by atoms with E-state index in [1.54, 1.807) is 11.8 Å². The van der Waals surface area contributed by atoms with Crippen molar-refractivity contribution in [2.24, 2.45) is 0 Å². The molecule has 0 bridgehead atoms. The molecule has 1 aliphatic rings. The number of thioether (sulfide) groups is 1. The molecule has 1 fully saturated rings. The molecule has 2 N–H and O–H groups in total. The second-order valence-corrected chi connectivity index (χ2v) is 6.41. The molecule has 1 aromatic heterocycles. The summed E-state index contributed by atoms with van der Waals surface area (Å²) in [5, 5.41) is 10.0. The van der Waals surface area contributed by atoms with Crippen molar-refractivity contribution < 1.29 is 9.32 Å². The van der Waals surface area contributed by atoms with Crippen LogP contribution in [0.2, 0.25) is 0 Å². The van der Waals surface area contributed by atoms with E-state index in [1.807, 2.05) is 31.2 Å². The summed E-state index contributed by atoms with van der Waals surface area (Å²) >= 11 is 1.75. The Bertz CT molecular complexity index is 650. The molecule has 0 radical (unpaired) electrons. The lowest BCUT2D eigenvalue weighted by molar-refractivity contribution is -0.122. The standard InChI is InChI=1S/C16H20N4O2S/c1-2-14-19-16(22-20-14)12-5-3-11(4-6-12)7-8-17-15(21)13-9-23-10-18-13/h3-6,13,18H,2,7-10H2,1H3,(H,17,21)/t13-/m0/s1. The van der Waals surface area contributed by atoms with Gasteiger partial charge in [0, 0.05) is 30.2 Å². The first kappa shape index (κ1) is 16.0. The third-order valence-electron chi connectivity index (χ3n) is 3.73. The lowest BCUT2D eigenvalue weighted by Gasteiger charge is -2.10. The molecule has 23 heavy (non-hydrogen) atoms. The number of carbonyl (C=O) groups is 1. The van der Waals surface area contributed by atoms with Gasteiger partial charge in [-0.1, -0.05) is 24.2 Å². The monoisotopic (exact) mass is 332 g/mol. The zero-order chi connectivity index (χ0) is 16.1. The first-order valence-electron chi connectivity index (χ1n) is 7.77. The van der Waals surface area contributed by atoms with Crippen LogP contribution in [0.15, 0.2) is 28.8 Å². The summed E-state index contributed by atoms with van der Waals surface area (Å²) in [6.07, 6.45) is 1.56. The normalized spacial score (nSPS) is 17.3. The highest BCUT2D eigenvalue weighted by Crippen LogP contribution is 2.18. The maximum absolute atomic E-state index is 11.9. The van der Waals surface area contributed by atoms with Crippen molar-refractivity contribution in [3.05, 3.63) is 35.7 Å². The maximum Gasteiger partial charge on any atom is 0.257 e. The highest BCUT2D eigenvalue weighted by atomic mass is 32.2. The van der Waals surface area contributed by atoms with Crippen molar-refractivity contribution in [3.63, 3.8) is 0 Å². The van der Waals surface area contributed by atoms with Crippen molar-refractivity contribution in [3.8, 4) is 11.5 Å². The van der Waals surface area contributed by atoms with E-state index in [1.165, 1.54) is 0 Å². The molecular formula is C16H20N4O2S. The molecule has 122 valence electrons. The molecule has 1 aromatic carbocycles. The Morgan fingerprint density at radius 1 is 1.43 bits per heavy atom. The van der Waals surface area contributed by atoms with Gasteiger partial charge in [0.1, 0.15) is 0 Å². The number of nitrogens with one attached hydrogen (secondary N) is 2. The van der Waals surface area contributed by atoms with Gasteiger partial charge in [0.15, 0.2) is 5.82 Å². The predicted octanol–water partition coefficient (Wildman–Crippen LogP) is 1.62. The molecule has 0 saturated carbocycles. The Morgan fingerprint density at radius 2 is 2.26 bits per heavy atom. The average molecular weight is 332 g/mol. The SMILES string of the molecule is CCc1noc(-c2ccc(CCNC(=O)[C@@H]3CSCN3)cc2)n1. The predicted molar refractivity (Wildman–Crippen MR) is 90.1 cm³/mol. The van der Waals surface area contributed by atoms with Gasteiger partial charge in [0.2, 0.25) is 5.91 Å². The van der Waals surface area contributed by atoms with Gasteiger partial charge in [0.05, 0.1) is 6.04 Å². The quantitative estimate of drug-likeness (QED) is 0.837. The van der Waals surface area contributed by atoms with E-state index in [9.17, 15) is 4.79 Å². The summed E-state index contributed by atoms with van der Waals surface area (Å²) in [4.78, 5) is 16.2. The summed E-state index contributed by atoms with van der Waals surface area (Å²) in [5.74, 6) is 3.06. The first-order chi connectivity index (χ1) is 11.3. The number of hydrogen-bond acceptors (Lipinski definition) is 6. The van der Waals surface area contributed by atoms with Crippen LogP contribution in [0.5, 0.6) is 0 Å². The van der Waals surface area contributed by atoms with Crippen molar-refractivity contribution in [1.82, 2.24) is 20.8 Å². The zero-order valence-corrected chi connectivity index (χ0v) is 13.9. The Labute approximate surface area is 139 Å². The van der Waals surface area contributed by atoms with E-state index in [-0.39, 0.29) is 11.9 Å². The summed E-state index contributed by atoms with van der Waals surface area (Å²) < 4.78 is 5.22. The lowest BCUT2D eigenvalue weighted by atomic mass is 10.1. The van der Waals surface area contributed by atoms with Crippen LogP contribution in [0, 0.1) is 0 Å². The summed E-state index contributed by atoms with van der Waals surface area (Å²) in [5.41, 5.74) is 2.08. The van der Waals surface area contributed by atoms with Crippen molar-refractivity contribution in [2.45, 2.75) is 25.8 Å². The minimum absolute atomic E-state index is 0.0485. The minimum Gasteiger partial charge on any atom is -0.354 e. The Hall–Kier alpha value is -1.86. The second-order valence-electron chi connectivity index (χ2n) is 5.38. The van der Waals surface area contributed by atoms with E-state index in [0.29, 0.717) is 18.3 Å². The van der Waals surface area contributed by atoms with Crippen LogP contribution in [0.1, 0.15) is 18.3 Å². The number of nitrogens with zero attached hydrogens (tertiary/aromatic N) is 2. The number of rotatable bonds is 6. The number of aromatic nitrogens is 2.